The molecule has 2 aromatic carbocycles. The largest absolute Gasteiger partial charge is 0.497 e. The summed E-state index contributed by atoms with van der Waals surface area (Å²) in [7, 11) is 5.16. The molecular formula is C22H27NO3. The Labute approximate surface area is 155 Å². The Morgan fingerprint density at radius 1 is 1.04 bits per heavy atom. The number of benzene rings is 2. The van der Waals surface area contributed by atoms with Crippen molar-refractivity contribution in [2.45, 2.75) is 37.6 Å². The Hall–Kier alpha value is -2.49. The number of carbonyl (C=O) groups is 1. The highest BCUT2D eigenvalue weighted by Gasteiger charge is 2.44. The molecule has 1 aliphatic rings. The molecule has 0 heterocycles. The van der Waals surface area contributed by atoms with Crippen LogP contribution in [0.5, 0.6) is 11.5 Å². The zero-order valence-corrected chi connectivity index (χ0v) is 15.8. The van der Waals surface area contributed by atoms with Crippen LogP contribution in [0.1, 0.15) is 36.8 Å². The van der Waals surface area contributed by atoms with Crippen LogP contribution in [0.25, 0.3) is 0 Å². The van der Waals surface area contributed by atoms with Crippen molar-refractivity contribution < 1.29 is 14.3 Å². The molecule has 0 unspecified atom stereocenters. The molecule has 0 aromatic heterocycles. The molecule has 1 amide bonds. The Balaban J connectivity index is 1.85. The summed E-state index contributed by atoms with van der Waals surface area (Å²) in [5.74, 6) is 1.68. The third-order valence-electron chi connectivity index (χ3n) is 5.44. The minimum Gasteiger partial charge on any atom is -0.497 e. The summed E-state index contributed by atoms with van der Waals surface area (Å²) in [5.41, 5.74) is 1.72. The lowest BCUT2D eigenvalue weighted by Crippen LogP contribution is -2.43. The molecule has 1 fully saturated rings. The number of amides is 1. The van der Waals surface area contributed by atoms with Gasteiger partial charge in [-0.1, -0.05) is 43.2 Å². The second-order valence-electron chi connectivity index (χ2n) is 6.99. The minimum atomic E-state index is -0.393. The first-order chi connectivity index (χ1) is 12.6. The lowest BCUT2D eigenvalue weighted by Gasteiger charge is -2.33. The van der Waals surface area contributed by atoms with Crippen molar-refractivity contribution in [1.82, 2.24) is 4.90 Å². The molecule has 0 aliphatic heterocycles. The lowest BCUT2D eigenvalue weighted by atomic mass is 9.77. The Morgan fingerprint density at radius 3 is 2.35 bits per heavy atom. The number of likely N-dealkylation sites (N-methyl/N-ethyl adjacent to an activating group) is 1. The van der Waals surface area contributed by atoms with Gasteiger partial charge in [-0.25, -0.2) is 0 Å². The standard InChI is InChI=1S/C22H27NO3/c1-23(16-17-11-12-19(25-2)15-20(17)26-3)21(24)22(13-7-8-14-22)18-9-5-4-6-10-18/h4-6,9-12,15H,7-8,13-14,16H2,1-3H3. The Kier molecular flexibility index (Phi) is 5.50. The first kappa shape index (κ1) is 18.3. The molecule has 0 atom stereocenters. The summed E-state index contributed by atoms with van der Waals surface area (Å²) in [6, 6.07) is 15.9. The SMILES string of the molecule is COc1ccc(CN(C)C(=O)C2(c3ccccc3)CCCC2)c(OC)c1. The summed E-state index contributed by atoms with van der Waals surface area (Å²) in [6.45, 7) is 0.514. The number of hydrogen-bond acceptors (Lipinski definition) is 3. The Bertz CT molecular complexity index is 751. The van der Waals surface area contributed by atoms with E-state index in [1.165, 1.54) is 0 Å². The van der Waals surface area contributed by atoms with Gasteiger partial charge < -0.3 is 14.4 Å². The fraction of sp³-hybridized carbons (Fsp3) is 0.409. The van der Waals surface area contributed by atoms with E-state index in [-0.39, 0.29) is 5.91 Å². The molecule has 2 aromatic rings. The summed E-state index contributed by atoms with van der Waals surface area (Å²) in [6.07, 6.45) is 4.03. The van der Waals surface area contributed by atoms with E-state index >= 15 is 0 Å². The van der Waals surface area contributed by atoms with E-state index in [1.54, 1.807) is 14.2 Å². The molecule has 4 nitrogen and oxygen atoms in total. The maximum Gasteiger partial charge on any atom is 0.233 e. The highest BCUT2D eigenvalue weighted by molar-refractivity contribution is 5.88. The van der Waals surface area contributed by atoms with Gasteiger partial charge in [0.05, 0.1) is 19.6 Å². The molecule has 1 saturated carbocycles. The van der Waals surface area contributed by atoms with Gasteiger partial charge in [0, 0.05) is 25.2 Å². The molecule has 138 valence electrons. The van der Waals surface area contributed by atoms with Gasteiger partial charge in [0.25, 0.3) is 0 Å². The zero-order chi connectivity index (χ0) is 18.6. The smallest absolute Gasteiger partial charge is 0.233 e. The van der Waals surface area contributed by atoms with Crippen LogP contribution >= 0.6 is 0 Å². The molecule has 3 rings (SSSR count). The molecular weight excluding hydrogens is 326 g/mol. The predicted octanol–water partition coefficient (Wildman–Crippen LogP) is 4.17. The van der Waals surface area contributed by atoms with Gasteiger partial charge in [-0.2, -0.15) is 0 Å². The van der Waals surface area contributed by atoms with Gasteiger partial charge in [-0.05, 0) is 30.5 Å². The number of hydrogen-bond donors (Lipinski definition) is 0. The van der Waals surface area contributed by atoms with Crippen molar-refractivity contribution in [3.63, 3.8) is 0 Å². The van der Waals surface area contributed by atoms with Crippen LogP contribution in [0.15, 0.2) is 48.5 Å². The number of rotatable bonds is 6. The minimum absolute atomic E-state index is 0.194. The predicted molar refractivity (Wildman–Crippen MR) is 103 cm³/mol. The maximum absolute atomic E-state index is 13.5. The summed E-state index contributed by atoms with van der Waals surface area (Å²) in [4.78, 5) is 15.3. The molecule has 0 radical (unpaired) electrons. The summed E-state index contributed by atoms with van der Waals surface area (Å²) < 4.78 is 10.7. The van der Waals surface area contributed by atoms with Crippen LogP contribution < -0.4 is 9.47 Å². The van der Waals surface area contributed by atoms with Crippen molar-refractivity contribution in [3.8, 4) is 11.5 Å². The fourth-order valence-electron chi connectivity index (χ4n) is 4.04. The van der Waals surface area contributed by atoms with Crippen molar-refractivity contribution in [2.24, 2.45) is 0 Å². The van der Waals surface area contributed by atoms with Gasteiger partial charge in [-0.3, -0.25) is 4.79 Å². The van der Waals surface area contributed by atoms with Gasteiger partial charge >= 0.3 is 0 Å². The van der Waals surface area contributed by atoms with E-state index in [0.717, 1.165) is 48.3 Å². The molecule has 26 heavy (non-hydrogen) atoms. The first-order valence-electron chi connectivity index (χ1n) is 9.13. The van der Waals surface area contributed by atoms with Crippen LogP contribution in [0.3, 0.4) is 0 Å². The number of carbonyl (C=O) groups excluding carboxylic acids is 1. The van der Waals surface area contributed by atoms with E-state index in [1.807, 2.05) is 48.3 Å². The summed E-state index contributed by atoms with van der Waals surface area (Å²) >= 11 is 0. The van der Waals surface area contributed by atoms with Crippen LogP contribution in [0, 0.1) is 0 Å². The second kappa shape index (κ2) is 7.81. The number of ether oxygens (including phenoxy) is 2. The van der Waals surface area contributed by atoms with Gasteiger partial charge in [0.1, 0.15) is 11.5 Å². The average Bonchev–Trinajstić information content (AvgIpc) is 3.19. The monoisotopic (exact) mass is 353 g/mol. The summed E-state index contributed by atoms with van der Waals surface area (Å²) in [5, 5.41) is 0. The first-order valence-corrected chi connectivity index (χ1v) is 9.13. The lowest BCUT2D eigenvalue weighted by molar-refractivity contribution is -0.136. The van der Waals surface area contributed by atoms with E-state index in [0.29, 0.717) is 6.54 Å². The van der Waals surface area contributed by atoms with Crippen molar-refractivity contribution in [2.75, 3.05) is 21.3 Å². The maximum atomic E-state index is 13.5. The van der Waals surface area contributed by atoms with Crippen molar-refractivity contribution in [1.29, 1.82) is 0 Å². The van der Waals surface area contributed by atoms with Crippen LogP contribution in [-0.2, 0) is 16.8 Å². The third-order valence-corrected chi connectivity index (χ3v) is 5.44. The average molecular weight is 353 g/mol. The van der Waals surface area contributed by atoms with E-state index < -0.39 is 5.41 Å². The van der Waals surface area contributed by atoms with Crippen LogP contribution in [0.2, 0.25) is 0 Å². The van der Waals surface area contributed by atoms with E-state index in [4.69, 9.17) is 9.47 Å². The number of nitrogens with zero attached hydrogens (tertiary/aromatic N) is 1. The third kappa shape index (κ3) is 3.41. The Morgan fingerprint density at radius 2 is 1.73 bits per heavy atom. The second-order valence-corrected chi connectivity index (χ2v) is 6.99. The highest BCUT2D eigenvalue weighted by atomic mass is 16.5. The van der Waals surface area contributed by atoms with Crippen molar-refractivity contribution in [3.05, 3.63) is 59.7 Å². The number of methoxy groups -OCH3 is 2. The molecule has 4 heteroatoms. The molecule has 0 N–H and O–H groups in total. The van der Waals surface area contributed by atoms with Crippen LogP contribution in [-0.4, -0.2) is 32.1 Å². The fourth-order valence-corrected chi connectivity index (χ4v) is 4.04. The van der Waals surface area contributed by atoms with E-state index in [2.05, 4.69) is 12.1 Å². The molecule has 0 saturated heterocycles. The van der Waals surface area contributed by atoms with E-state index in [9.17, 15) is 4.79 Å². The van der Waals surface area contributed by atoms with Gasteiger partial charge in [-0.15, -0.1) is 0 Å². The quantitative estimate of drug-likeness (QED) is 0.782. The molecule has 1 aliphatic carbocycles. The van der Waals surface area contributed by atoms with Crippen molar-refractivity contribution >= 4 is 5.91 Å². The normalized spacial score (nSPS) is 15.5. The molecule has 0 spiro atoms. The molecule has 0 bridgehead atoms. The topological polar surface area (TPSA) is 38.8 Å². The van der Waals surface area contributed by atoms with Gasteiger partial charge in [0.15, 0.2) is 0 Å². The highest BCUT2D eigenvalue weighted by Crippen LogP contribution is 2.42. The zero-order valence-electron chi connectivity index (χ0n) is 15.8. The van der Waals surface area contributed by atoms with Crippen LogP contribution in [0.4, 0.5) is 0 Å². The van der Waals surface area contributed by atoms with Gasteiger partial charge in [0.2, 0.25) is 5.91 Å².